The molecule has 1 aromatic rings. The summed E-state index contributed by atoms with van der Waals surface area (Å²) in [6.45, 7) is 3.65. The first-order valence-corrected chi connectivity index (χ1v) is 6.20. The lowest BCUT2D eigenvalue weighted by Gasteiger charge is -2.30. The Kier molecular flexibility index (Phi) is 3.28. The molecule has 1 unspecified atom stereocenters. The van der Waals surface area contributed by atoms with Gasteiger partial charge in [0.2, 0.25) is 0 Å². The molecular formula is C10H14N4OS. The number of amides is 1. The number of rotatable bonds is 1. The zero-order chi connectivity index (χ0) is 11.5. The van der Waals surface area contributed by atoms with Crippen molar-refractivity contribution < 1.29 is 4.79 Å². The molecule has 1 aliphatic heterocycles. The first-order chi connectivity index (χ1) is 7.66. The van der Waals surface area contributed by atoms with Crippen LogP contribution >= 0.6 is 11.8 Å². The number of nitrogen functional groups attached to an aromatic ring is 1. The summed E-state index contributed by atoms with van der Waals surface area (Å²) in [6, 6.07) is 0. The summed E-state index contributed by atoms with van der Waals surface area (Å²) >= 11 is 1.88. The second-order valence-electron chi connectivity index (χ2n) is 3.76. The molecule has 0 spiro atoms. The fourth-order valence-electron chi connectivity index (χ4n) is 1.65. The molecule has 2 heterocycles. The van der Waals surface area contributed by atoms with E-state index in [2.05, 4.69) is 16.9 Å². The van der Waals surface area contributed by atoms with Gasteiger partial charge in [0, 0.05) is 24.1 Å². The van der Waals surface area contributed by atoms with Crippen LogP contribution < -0.4 is 5.73 Å². The van der Waals surface area contributed by atoms with Crippen molar-refractivity contribution in [2.45, 2.75) is 12.2 Å². The van der Waals surface area contributed by atoms with Gasteiger partial charge in [-0.15, -0.1) is 0 Å². The Morgan fingerprint density at radius 3 is 3.12 bits per heavy atom. The SMILES string of the molecule is CC1CN(C(=O)c2cncc(N)n2)CCS1. The number of thioether (sulfide) groups is 1. The highest BCUT2D eigenvalue weighted by Crippen LogP contribution is 2.19. The number of carbonyl (C=O) groups excluding carboxylic acids is 1. The molecule has 0 aromatic carbocycles. The number of hydrogen-bond donors (Lipinski definition) is 1. The van der Waals surface area contributed by atoms with Crippen LogP contribution in [-0.2, 0) is 0 Å². The molecule has 2 N–H and O–H groups in total. The van der Waals surface area contributed by atoms with Gasteiger partial charge in [0.05, 0.1) is 12.4 Å². The lowest BCUT2D eigenvalue weighted by atomic mass is 10.3. The molecule has 1 saturated heterocycles. The minimum Gasteiger partial charge on any atom is -0.382 e. The summed E-state index contributed by atoms with van der Waals surface area (Å²) in [6.07, 6.45) is 2.90. The summed E-state index contributed by atoms with van der Waals surface area (Å²) in [4.78, 5) is 21.7. The Bertz CT molecular complexity index is 398. The zero-order valence-electron chi connectivity index (χ0n) is 9.09. The predicted octanol–water partition coefficient (Wildman–Crippen LogP) is 0.636. The molecule has 16 heavy (non-hydrogen) atoms. The quantitative estimate of drug-likeness (QED) is 0.777. The van der Waals surface area contributed by atoms with Crippen LogP contribution in [0.1, 0.15) is 17.4 Å². The maximum Gasteiger partial charge on any atom is 0.274 e. The molecule has 1 fully saturated rings. The Labute approximate surface area is 98.4 Å². The lowest BCUT2D eigenvalue weighted by molar-refractivity contribution is 0.0757. The van der Waals surface area contributed by atoms with Gasteiger partial charge in [-0.05, 0) is 0 Å². The second-order valence-corrected chi connectivity index (χ2v) is 5.31. The summed E-state index contributed by atoms with van der Waals surface area (Å²) in [5, 5.41) is 0.478. The first-order valence-electron chi connectivity index (χ1n) is 5.15. The monoisotopic (exact) mass is 238 g/mol. The van der Waals surface area contributed by atoms with Gasteiger partial charge in [-0.1, -0.05) is 6.92 Å². The fraction of sp³-hybridized carbons (Fsp3) is 0.500. The van der Waals surface area contributed by atoms with Crippen molar-refractivity contribution in [3.05, 3.63) is 18.1 Å². The van der Waals surface area contributed by atoms with Gasteiger partial charge in [0.15, 0.2) is 0 Å². The van der Waals surface area contributed by atoms with E-state index in [1.165, 1.54) is 12.4 Å². The van der Waals surface area contributed by atoms with Crippen molar-refractivity contribution >= 4 is 23.5 Å². The third kappa shape index (κ3) is 2.44. The molecule has 5 nitrogen and oxygen atoms in total. The molecule has 6 heteroatoms. The van der Waals surface area contributed by atoms with E-state index in [0.717, 1.165) is 18.8 Å². The van der Waals surface area contributed by atoms with Crippen LogP contribution in [0.3, 0.4) is 0 Å². The van der Waals surface area contributed by atoms with Crippen LogP contribution in [0.4, 0.5) is 5.82 Å². The van der Waals surface area contributed by atoms with Crippen molar-refractivity contribution in [3.63, 3.8) is 0 Å². The predicted molar refractivity (Wildman–Crippen MR) is 64.3 cm³/mol. The van der Waals surface area contributed by atoms with Crippen molar-refractivity contribution in [1.29, 1.82) is 0 Å². The van der Waals surface area contributed by atoms with E-state index < -0.39 is 0 Å². The summed E-state index contributed by atoms with van der Waals surface area (Å²) < 4.78 is 0. The van der Waals surface area contributed by atoms with Crippen LogP contribution in [0.25, 0.3) is 0 Å². The van der Waals surface area contributed by atoms with Crippen molar-refractivity contribution in [2.75, 3.05) is 24.6 Å². The Morgan fingerprint density at radius 1 is 1.62 bits per heavy atom. The number of anilines is 1. The van der Waals surface area contributed by atoms with Gasteiger partial charge in [-0.25, -0.2) is 4.98 Å². The van der Waals surface area contributed by atoms with E-state index in [-0.39, 0.29) is 11.7 Å². The highest BCUT2D eigenvalue weighted by molar-refractivity contribution is 7.99. The average Bonchev–Trinajstić information content (AvgIpc) is 2.28. The molecule has 0 aliphatic carbocycles. The second kappa shape index (κ2) is 4.69. The Balaban J connectivity index is 2.12. The molecule has 1 aromatic heterocycles. The van der Waals surface area contributed by atoms with Crippen LogP contribution in [0, 0.1) is 0 Å². The largest absolute Gasteiger partial charge is 0.382 e. The summed E-state index contributed by atoms with van der Waals surface area (Å²) in [7, 11) is 0. The van der Waals surface area contributed by atoms with Gasteiger partial charge in [0.25, 0.3) is 5.91 Å². The molecule has 86 valence electrons. The van der Waals surface area contributed by atoms with Crippen LogP contribution in [0.2, 0.25) is 0 Å². The highest BCUT2D eigenvalue weighted by Gasteiger charge is 2.23. The van der Waals surface area contributed by atoms with Gasteiger partial charge in [-0.3, -0.25) is 9.78 Å². The Hall–Kier alpha value is -1.30. The van der Waals surface area contributed by atoms with Gasteiger partial charge in [-0.2, -0.15) is 11.8 Å². The van der Waals surface area contributed by atoms with Gasteiger partial charge in [0.1, 0.15) is 11.5 Å². The minimum absolute atomic E-state index is 0.0769. The van der Waals surface area contributed by atoms with Crippen LogP contribution in [0.5, 0.6) is 0 Å². The van der Waals surface area contributed by atoms with Gasteiger partial charge < -0.3 is 10.6 Å². The van der Waals surface area contributed by atoms with E-state index >= 15 is 0 Å². The topological polar surface area (TPSA) is 72.1 Å². The number of nitrogens with two attached hydrogens (primary N) is 1. The van der Waals surface area contributed by atoms with Gasteiger partial charge >= 0.3 is 0 Å². The van der Waals surface area contributed by atoms with Crippen LogP contribution in [0.15, 0.2) is 12.4 Å². The third-order valence-electron chi connectivity index (χ3n) is 2.40. The molecule has 1 amide bonds. The lowest BCUT2D eigenvalue weighted by Crippen LogP contribution is -2.41. The standard InChI is InChI=1S/C10H14N4OS/c1-7-6-14(2-3-16-7)10(15)8-4-12-5-9(11)13-8/h4-5,7H,2-3,6H2,1H3,(H2,11,13). The van der Waals surface area contributed by atoms with Crippen molar-refractivity contribution in [1.82, 2.24) is 14.9 Å². The maximum atomic E-state index is 12.1. The van der Waals surface area contributed by atoms with Crippen molar-refractivity contribution in [2.24, 2.45) is 0 Å². The van der Waals surface area contributed by atoms with E-state index in [1.54, 1.807) is 0 Å². The molecular weight excluding hydrogens is 224 g/mol. The molecule has 0 bridgehead atoms. The van der Waals surface area contributed by atoms with E-state index in [0.29, 0.717) is 10.9 Å². The number of nitrogens with zero attached hydrogens (tertiary/aromatic N) is 3. The molecule has 0 radical (unpaired) electrons. The number of hydrogen-bond acceptors (Lipinski definition) is 5. The number of aromatic nitrogens is 2. The molecule has 2 rings (SSSR count). The normalized spacial score (nSPS) is 20.8. The number of carbonyl (C=O) groups is 1. The molecule has 1 atom stereocenters. The molecule has 0 saturated carbocycles. The molecule has 1 aliphatic rings. The maximum absolute atomic E-state index is 12.1. The highest BCUT2D eigenvalue weighted by atomic mass is 32.2. The summed E-state index contributed by atoms with van der Waals surface area (Å²) in [5.74, 6) is 1.18. The minimum atomic E-state index is -0.0769. The van der Waals surface area contributed by atoms with E-state index in [9.17, 15) is 4.79 Å². The van der Waals surface area contributed by atoms with Crippen LogP contribution in [-0.4, -0.2) is 44.9 Å². The summed E-state index contributed by atoms with van der Waals surface area (Å²) in [5.41, 5.74) is 5.84. The van der Waals surface area contributed by atoms with E-state index in [4.69, 9.17) is 5.73 Å². The average molecular weight is 238 g/mol. The smallest absolute Gasteiger partial charge is 0.274 e. The third-order valence-corrected chi connectivity index (χ3v) is 3.54. The van der Waals surface area contributed by atoms with E-state index in [1.807, 2.05) is 16.7 Å². The zero-order valence-corrected chi connectivity index (χ0v) is 9.91. The first kappa shape index (κ1) is 11.2. The fourth-order valence-corrected chi connectivity index (χ4v) is 2.66. The van der Waals surface area contributed by atoms with Crippen molar-refractivity contribution in [3.8, 4) is 0 Å². The Morgan fingerprint density at radius 2 is 2.44 bits per heavy atom.